The second kappa shape index (κ2) is 45.7. The van der Waals surface area contributed by atoms with Gasteiger partial charge in [0, 0.05) is 12.8 Å². The predicted octanol–water partition coefficient (Wildman–Crippen LogP) is 13.5. The standard InChI is InChI=1S/C50H89O10P/c1-3-5-7-9-11-13-15-17-19-21-23-25-27-29-31-33-35-37-39-41-49(53)57-45-48(46-59-61(55,56)58-44-47(52)43-51)60-50(54)42-40-38-36-34-32-30-28-26-24-22-20-18-16-14-12-10-8-6-4-2/h12,14,17-20,24,26,30,32,47-48,51-52H,3-11,13,15-16,21-23,25,27-29,31,33-46H2,1-2H3,(H,55,56)/b14-12-,19-17-,20-18-,26-24-,32-30-/t47-,48+/m0/s1. The zero-order chi connectivity index (χ0) is 44.8. The molecule has 0 aliphatic carbocycles. The van der Waals surface area contributed by atoms with Crippen molar-refractivity contribution in [2.75, 3.05) is 26.4 Å². The van der Waals surface area contributed by atoms with Crippen LogP contribution in [-0.4, -0.2) is 65.7 Å². The fourth-order valence-corrected chi connectivity index (χ4v) is 7.17. The van der Waals surface area contributed by atoms with Gasteiger partial charge >= 0.3 is 19.8 Å². The number of hydrogen-bond acceptors (Lipinski definition) is 9. The molecule has 10 nitrogen and oxygen atoms in total. The first kappa shape index (κ1) is 58.7. The molecule has 3 N–H and O–H groups in total. The van der Waals surface area contributed by atoms with Gasteiger partial charge in [-0.2, -0.15) is 0 Å². The second-order valence-electron chi connectivity index (χ2n) is 16.1. The Kier molecular flexibility index (Phi) is 43.9. The first-order valence-electron chi connectivity index (χ1n) is 24.2. The Bertz CT molecular complexity index is 1200. The number of unbranched alkanes of at least 4 members (excludes halogenated alkanes) is 21. The average Bonchev–Trinajstić information content (AvgIpc) is 3.25. The predicted molar refractivity (Wildman–Crippen MR) is 251 cm³/mol. The molecule has 0 rings (SSSR count). The molecule has 11 heteroatoms. The second-order valence-corrected chi connectivity index (χ2v) is 17.6. The molecular formula is C50H89O10P. The Hall–Kier alpha value is -2.33. The number of hydrogen-bond donors (Lipinski definition) is 3. The number of phosphoric ester groups is 1. The normalized spacial score (nSPS) is 14.2. The molecule has 354 valence electrons. The van der Waals surface area contributed by atoms with Crippen molar-refractivity contribution < 1.29 is 47.8 Å². The van der Waals surface area contributed by atoms with Crippen molar-refractivity contribution in [3.63, 3.8) is 0 Å². The molecule has 0 saturated heterocycles. The van der Waals surface area contributed by atoms with Crippen LogP contribution in [0.5, 0.6) is 0 Å². The van der Waals surface area contributed by atoms with Crippen molar-refractivity contribution in [3.8, 4) is 0 Å². The number of aliphatic hydroxyl groups is 2. The summed E-state index contributed by atoms with van der Waals surface area (Å²) in [6, 6.07) is 0. The van der Waals surface area contributed by atoms with Crippen molar-refractivity contribution in [3.05, 3.63) is 60.8 Å². The molecule has 0 saturated carbocycles. The van der Waals surface area contributed by atoms with E-state index >= 15 is 0 Å². The molecule has 0 amide bonds. The summed E-state index contributed by atoms with van der Waals surface area (Å²) in [5.41, 5.74) is 0. The molecule has 0 fully saturated rings. The van der Waals surface area contributed by atoms with E-state index in [0.29, 0.717) is 12.8 Å². The Morgan fingerprint density at radius 3 is 1.34 bits per heavy atom. The van der Waals surface area contributed by atoms with Crippen LogP contribution < -0.4 is 0 Å². The van der Waals surface area contributed by atoms with Gasteiger partial charge in [-0.25, -0.2) is 4.57 Å². The smallest absolute Gasteiger partial charge is 0.462 e. The van der Waals surface area contributed by atoms with E-state index in [1.54, 1.807) is 0 Å². The summed E-state index contributed by atoms with van der Waals surface area (Å²) in [5.74, 6) is -0.962. The minimum atomic E-state index is -4.63. The highest BCUT2D eigenvalue weighted by atomic mass is 31.2. The average molecular weight is 881 g/mol. The number of allylic oxidation sites excluding steroid dienone is 10. The van der Waals surface area contributed by atoms with Gasteiger partial charge in [0.2, 0.25) is 0 Å². The van der Waals surface area contributed by atoms with Gasteiger partial charge < -0.3 is 24.6 Å². The lowest BCUT2D eigenvalue weighted by Crippen LogP contribution is -2.29. The van der Waals surface area contributed by atoms with Gasteiger partial charge in [0.1, 0.15) is 12.7 Å². The van der Waals surface area contributed by atoms with E-state index in [9.17, 15) is 24.2 Å². The SMILES string of the molecule is CCCCC/C=C\C/C=C\C/C=C\C/C=C\CCCCCC(=O)O[C@H](COC(=O)CCCCCCCCCCC/C=C\CCCCCCCC)COP(=O)(O)OC[C@@H](O)CO. The summed E-state index contributed by atoms with van der Waals surface area (Å²) < 4.78 is 32.8. The van der Waals surface area contributed by atoms with E-state index in [2.05, 4.69) is 74.6 Å². The van der Waals surface area contributed by atoms with E-state index in [1.807, 2.05) is 0 Å². The first-order valence-corrected chi connectivity index (χ1v) is 25.7. The maximum atomic E-state index is 12.6. The van der Waals surface area contributed by atoms with Crippen LogP contribution in [0.4, 0.5) is 0 Å². The monoisotopic (exact) mass is 881 g/mol. The van der Waals surface area contributed by atoms with Crippen LogP contribution in [0.15, 0.2) is 60.8 Å². The van der Waals surface area contributed by atoms with E-state index in [-0.39, 0.29) is 19.4 Å². The largest absolute Gasteiger partial charge is 0.472 e. The molecule has 0 spiro atoms. The molecule has 0 heterocycles. The number of phosphoric acid groups is 1. The lowest BCUT2D eigenvalue weighted by Gasteiger charge is -2.20. The third kappa shape index (κ3) is 45.5. The van der Waals surface area contributed by atoms with Crippen LogP contribution in [0.1, 0.15) is 206 Å². The highest BCUT2D eigenvalue weighted by Gasteiger charge is 2.27. The van der Waals surface area contributed by atoms with Crippen molar-refractivity contribution in [1.29, 1.82) is 0 Å². The van der Waals surface area contributed by atoms with Gasteiger partial charge in [-0.15, -0.1) is 0 Å². The maximum Gasteiger partial charge on any atom is 0.472 e. The molecule has 0 aromatic carbocycles. The zero-order valence-electron chi connectivity index (χ0n) is 38.6. The van der Waals surface area contributed by atoms with Gasteiger partial charge in [0.25, 0.3) is 0 Å². The van der Waals surface area contributed by atoms with Gasteiger partial charge in [-0.05, 0) is 83.5 Å². The molecule has 0 aliphatic rings. The summed E-state index contributed by atoms with van der Waals surface area (Å²) in [6.45, 7) is 2.32. The number of aliphatic hydroxyl groups excluding tert-OH is 2. The molecule has 1 unspecified atom stereocenters. The number of esters is 2. The third-order valence-corrected chi connectivity index (χ3v) is 11.1. The lowest BCUT2D eigenvalue weighted by molar-refractivity contribution is -0.161. The maximum absolute atomic E-state index is 12.6. The number of ether oxygens (including phenoxy) is 2. The van der Waals surface area contributed by atoms with Crippen LogP contribution in [0.25, 0.3) is 0 Å². The first-order chi connectivity index (χ1) is 29.7. The topological polar surface area (TPSA) is 149 Å². The number of carbonyl (C=O) groups excluding carboxylic acids is 2. The van der Waals surface area contributed by atoms with Crippen LogP contribution >= 0.6 is 7.82 Å². The Labute approximate surface area is 372 Å². The van der Waals surface area contributed by atoms with Crippen LogP contribution in [-0.2, 0) is 32.7 Å². The third-order valence-electron chi connectivity index (χ3n) is 10.1. The lowest BCUT2D eigenvalue weighted by atomic mass is 10.1. The molecule has 61 heavy (non-hydrogen) atoms. The minimum Gasteiger partial charge on any atom is -0.462 e. The van der Waals surface area contributed by atoms with E-state index in [1.165, 1.54) is 109 Å². The van der Waals surface area contributed by atoms with E-state index in [0.717, 1.165) is 57.8 Å². The summed E-state index contributed by atoms with van der Waals surface area (Å²) in [6.07, 6.45) is 51.8. The van der Waals surface area contributed by atoms with Crippen molar-refractivity contribution in [2.45, 2.75) is 219 Å². The summed E-state index contributed by atoms with van der Waals surface area (Å²) in [4.78, 5) is 35.1. The Balaban J connectivity index is 4.29. The Morgan fingerprint density at radius 1 is 0.492 bits per heavy atom. The summed E-state index contributed by atoms with van der Waals surface area (Å²) in [7, 11) is -4.63. The quantitative estimate of drug-likeness (QED) is 0.0233. The highest BCUT2D eigenvalue weighted by Crippen LogP contribution is 2.43. The van der Waals surface area contributed by atoms with Gasteiger partial charge in [0.05, 0.1) is 19.8 Å². The molecule has 0 aromatic rings. The van der Waals surface area contributed by atoms with Crippen molar-refractivity contribution >= 4 is 19.8 Å². The van der Waals surface area contributed by atoms with E-state index < -0.39 is 51.8 Å². The minimum absolute atomic E-state index is 0.145. The highest BCUT2D eigenvalue weighted by molar-refractivity contribution is 7.47. The number of rotatable bonds is 45. The van der Waals surface area contributed by atoms with Crippen molar-refractivity contribution in [1.82, 2.24) is 0 Å². The van der Waals surface area contributed by atoms with Gasteiger partial charge in [-0.1, -0.05) is 171 Å². The van der Waals surface area contributed by atoms with Gasteiger partial charge in [-0.3, -0.25) is 18.6 Å². The molecular weight excluding hydrogens is 792 g/mol. The van der Waals surface area contributed by atoms with Crippen LogP contribution in [0.2, 0.25) is 0 Å². The van der Waals surface area contributed by atoms with Crippen molar-refractivity contribution in [2.24, 2.45) is 0 Å². The molecule has 0 aliphatic heterocycles. The Morgan fingerprint density at radius 2 is 0.852 bits per heavy atom. The van der Waals surface area contributed by atoms with Crippen LogP contribution in [0.3, 0.4) is 0 Å². The fourth-order valence-electron chi connectivity index (χ4n) is 6.38. The van der Waals surface area contributed by atoms with Gasteiger partial charge in [0.15, 0.2) is 6.10 Å². The van der Waals surface area contributed by atoms with Crippen LogP contribution in [0, 0.1) is 0 Å². The molecule has 0 bridgehead atoms. The molecule has 0 aromatic heterocycles. The van der Waals surface area contributed by atoms with E-state index in [4.69, 9.17) is 23.6 Å². The number of carbonyl (C=O) groups is 2. The summed E-state index contributed by atoms with van der Waals surface area (Å²) >= 11 is 0. The fraction of sp³-hybridized carbons (Fsp3) is 0.760. The summed E-state index contributed by atoms with van der Waals surface area (Å²) in [5, 5.41) is 18.4. The zero-order valence-corrected chi connectivity index (χ0v) is 39.5. The molecule has 3 atom stereocenters. The molecule has 0 radical (unpaired) electrons.